The van der Waals surface area contributed by atoms with E-state index in [4.69, 9.17) is 0 Å². The number of imidazole rings is 1. The van der Waals surface area contributed by atoms with Crippen molar-refractivity contribution in [3.05, 3.63) is 41.2 Å². The van der Waals surface area contributed by atoms with Crippen LogP contribution in [0.1, 0.15) is 17.0 Å². The summed E-state index contributed by atoms with van der Waals surface area (Å²) in [5.74, 6) is 0.601. The van der Waals surface area contributed by atoms with Gasteiger partial charge < -0.3 is 10.1 Å². The number of nitrogens with zero attached hydrogens (tertiary/aromatic N) is 3. The number of benzene rings is 1. The second kappa shape index (κ2) is 4.82. The Kier molecular flexibility index (Phi) is 3.39. The molecule has 4 heteroatoms. The van der Waals surface area contributed by atoms with Gasteiger partial charge in [-0.25, -0.2) is 4.98 Å². The Morgan fingerprint density at radius 2 is 1.78 bits per heavy atom. The highest BCUT2D eigenvalue weighted by molar-refractivity contribution is 5.57. The van der Waals surface area contributed by atoms with Gasteiger partial charge in [0.1, 0.15) is 0 Å². The van der Waals surface area contributed by atoms with E-state index < -0.39 is 0 Å². The topological polar surface area (TPSA) is 41.3 Å². The molecule has 18 heavy (non-hydrogen) atoms. The van der Waals surface area contributed by atoms with E-state index in [1.807, 2.05) is 57.1 Å². The molecule has 0 bridgehead atoms. The van der Waals surface area contributed by atoms with Crippen molar-refractivity contribution in [3.63, 3.8) is 0 Å². The minimum absolute atomic E-state index is 0.601. The van der Waals surface area contributed by atoms with Crippen LogP contribution in [0.15, 0.2) is 24.3 Å². The summed E-state index contributed by atoms with van der Waals surface area (Å²) in [5, 5.41) is 10.2. The average Bonchev–Trinajstić information content (AvgIpc) is 2.58. The summed E-state index contributed by atoms with van der Waals surface area (Å²) >= 11 is 0. The van der Waals surface area contributed by atoms with Gasteiger partial charge in [0.05, 0.1) is 11.4 Å². The fourth-order valence-corrected chi connectivity index (χ4v) is 1.92. The van der Waals surface area contributed by atoms with Crippen LogP contribution in [-0.4, -0.2) is 33.9 Å². The summed E-state index contributed by atoms with van der Waals surface area (Å²) in [6, 6.07) is 7.99. The standard InChI is InChI=1S/C14H19N3O/c1-10-5-7-12(8-6-10)14-15-11(2)13(17(14)18)9-16(3)4/h5-8,18H,9H2,1-4H3. The van der Waals surface area contributed by atoms with E-state index in [0.29, 0.717) is 12.4 Å². The molecule has 1 heterocycles. The highest BCUT2D eigenvalue weighted by atomic mass is 16.5. The molecule has 0 fully saturated rings. The molecule has 1 aromatic carbocycles. The van der Waals surface area contributed by atoms with Crippen LogP contribution in [0.5, 0.6) is 0 Å². The normalized spacial score (nSPS) is 11.2. The van der Waals surface area contributed by atoms with Crippen LogP contribution in [0.25, 0.3) is 11.4 Å². The van der Waals surface area contributed by atoms with Crippen LogP contribution in [0.2, 0.25) is 0 Å². The van der Waals surface area contributed by atoms with Gasteiger partial charge in [0.15, 0.2) is 5.82 Å². The molecule has 0 radical (unpaired) electrons. The Hall–Kier alpha value is -1.81. The van der Waals surface area contributed by atoms with Gasteiger partial charge in [0, 0.05) is 12.1 Å². The van der Waals surface area contributed by atoms with Crippen molar-refractivity contribution in [3.8, 4) is 11.4 Å². The van der Waals surface area contributed by atoms with Crippen LogP contribution >= 0.6 is 0 Å². The minimum atomic E-state index is 0.601. The number of hydrogen-bond acceptors (Lipinski definition) is 3. The van der Waals surface area contributed by atoms with Crippen molar-refractivity contribution >= 4 is 0 Å². The highest BCUT2D eigenvalue weighted by Gasteiger charge is 2.15. The van der Waals surface area contributed by atoms with E-state index in [-0.39, 0.29) is 0 Å². The van der Waals surface area contributed by atoms with Gasteiger partial charge in [-0.15, -0.1) is 0 Å². The van der Waals surface area contributed by atoms with E-state index >= 15 is 0 Å². The summed E-state index contributed by atoms with van der Waals surface area (Å²) in [6.45, 7) is 4.63. The molecule has 2 aromatic rings. The van der Waals surface area contributed by atoms with E-state index in [9.17, 15) is 5.21 Å². The Balaban J connectivity index is 2.43. The van der Waals surface area contributed by atoms with Crippen molar-refractivity contribution in [1.29, 1.82) is 0 Å². The molecule has 1 aromatic heterocycles. The maximum absolute atomic E-state index is 10.2. The Morgan fingerprint density at radius 3 is 2.33 bits per heavy atom. The molecule has 0 unspecified atom stereocenters. The summed E-state index contributed by atoms with van der Waals surface area (Å²) in [5.41, 5.74) is 3.81. The molecule has 0 aliphatic heterocycles. The lowest BCUT2D eigenvalue weighted by atomic mass is 10.1. The molecular weight excluding hydrogens is 226 g/mol. The number of hydrogen-bond donors (Lipinski definition) is 1. The lowest BCUT2D eigenvalue weighted by molar-refractivity contribution is 0.172. The molecule has 1 N–H and O–H groups in total. The predicted molar refractivity (Wildman–Crippen MR) is 71.7 cm³/mol. The first-order chi connectivity index (χ1) is 8.49. The summed E-state index contributed by atoms with van der Waals surface area (Å²) in [6.07, 6.45) is 0. The monoisotopic (exact) mass is 245 g/mol. The fourth-order valence-electron chi connectivity index (χ4n) is 1.92. The van der Waals surface area contributed by atoms with Crippen LogP contribution in [0, 0.1) is 13.8 Å². The van der Waals surface area contributed by atoms with Crippen LogP contribution in [0.4, 0.5) is 0 Å². The third-order valence-electron chi connectivity index (χ3n) is 2.92. The maximum atomic E-state index is 10.2. The van der Waals surface area contributed by atoms with E-state index in [2.05, 4.69) is 4.98 Å². The largest absolute Gasteiger partial charge is 0.427 e. The lowest BCUT2D eigenvalue weighted by Gasteiger charge is -2.10. The van der Waals surface area contributed by atoms with Gasteiger partial charge in [0.2, 0.25) is 0 Å². The van der Waals surface area contributed by atoms with Crippen molar-refractivity contribution in [2.75, 3.05) is 14.1 Å². The first kappa shape index (κ1) is 12.6. The number of aryl methyl sites for hydroxylation is 2. The van der Waals surface area contributed by atoms with Gasteiger partial charge in [0.25, 0.3) is 0 Å². The molecule has 0 amide bonds. The molecule has 96 valence electrons. The molecule has 0 saturated heterocycles. The Bertz CT molecular complexity index is 541. The van der Waals surface area contributed by atoms with Gasteiger partial charge in [-0.2, -0.15) is 4.73 Å². The zero-order valence-electron chi connectivity index (χ0n) is 11.3. The lowest BCUT2D eigenvalue weighted by Crippen LogP contribution is -2.14. The van der Waals surface area contributed by atoms with Crippen molar-refractivity contribution < 1.29 is 5.21 Å². The Morgan fingerprint density at radius 1 is 1.17 bits per heavy atom. The minimum Gasteiger partial charge on any atom is -0.427 e. The molecule has 0 aliphatic carbocycles. The summed E-state index contributed by atoms with van der Waals surface area (Å²) < 4.78 is 1.19. The van der Waals surface area contributed by atoms with Crippen LogP contribution in [0.3, 0.4) is 0 Å². The third-order valence-corrected chi connectivity index (χ3v) is 2.92. The third kappa shape index (κ3) is 2.38. The molecule has 0 aliphatic rings. The van der Waals surface area contributed by atoms with Crippen LogP contribution < -0.4 is 0 Å². The SMILES string of the molecule is Cc1ccc(-c2nc(C)c(CN(C)C)n2O)cc1. The molecule has 2 rings (SSSR count). The molecule has 0 spiro atoms. The number of rotatable bonds is 3. The first-order valence-electron chi connectivity index (χ1n) is 5.98. The summed E-state index contributed by atoms with van der Waals surface area (Å²) in [7, 11) is 3.94. The van der Waals surface area contributed by atoms with Crippen molar-refractivity contribution in [2.24, 2.45) is 0 Å². The van der Waals surface area contributed by atoms with Gasteiger partial charge in [-0.3, -0.25) is 0 Å². The van der Waals surface area contributed by atoms with Gasteiger partial charge in [-0.1, -0.05) is 29.8 Å². The molecule has 0 saturated carbocycles. The molecule has 4 nitrogen and oxygen atoms in total. The fraction of sp³-hybridized carbons (Fsp3) is 0.357. The van der Waals surface area contributed by atoms with Gasteiger partial charge >= 0.3 is 0 Å². The smallest absolute Gasteiger partial charge is 0.175 e. The van der Waals surface area contributed by atoms with Gasteiger partial charge in [-0.05, 0) is 27.9 Å². The molecule has 0 atom stereocenters. The van der Waals surface area contributed by atoms with E-state index in [1.165, 1.54) is 10.3 Å². The van der Waals surface area contributed by atoms with Crippen molar-refractivity contribution in [1.82, 2.24) is 14.6 Å². The van der Waals surface area contributed by atoms with E-state index in [0.717, 1.165) is 17.0 Å². The zero-order valence-corrected chi connectivity index (χ0v) is 11.3. The van der Waals surface area contributed by atoms with Crippen molar-refractivity contribution in [2.45, 2.75) is 20.4 Å². The van der Waals surface area contributed by atoms with E-state index in [1.54, 1.807) is 0 Å². The first-order valence-corrected chi connectivity index (χ1v) is 5.98. The quantitative estimate of drug-likeness (QED) is 0.845. The number of aromatic nitrogens is 2. The maximum Gasteiger partial charge on any atom is 0.175 e. The average molecular weight is 245 g/mol. The predicted octanol–water partition coefficient (Wildman–Crippen LogP) is 2.47. The van der Waals surface area contributed by atoms with Crippen LogP contribution in [-0.2, 0) is 6.54 Å². The summed E-state index contributed by atoms with van der Waals surface area (Å²) in [4.78, 5) is 6.46. The molecular formula is C14H19N3O. The zero-order chi connectivity index (χ0) is 13.3. The Labute approximate surface area is 107 Å². The second-order valence-electron chi connectivity index (χ2n) is 4.88. The highest BCUT2D eigenvalue weighted by Crippen LogP contribution is 2.21. The second-order valence-corrected chi connectivity index (χ2v) is 4.88.